The molecule has 1 aliphatic rings. The monoisotopic (exact) mass is 260 g/mol. The lowest BCUT2D eigenvalue weighted by molar-refractivity contribution is -0.137. The highest BCUT2D eigenvalue weighted by Gasteiger charge is 2.24. The molecule has 2 rings (SSSR count). The van der Waals surface area contributed by atoms with E-state index in [1.54, 1.807) is 0 Å². The Morgan fingerprint density at radius 1 is 1.37 bits per heavy atom. The zero-order chi connectivity index (χ0) is 13.7. The smallest absolute Gasteiger partial charge is 0.304 e. The maximum absolute atomic E-state index is 11.0. The maximum Gasteiger partial charge on any atom is 0.304 e. The Morgan fingerprint density at radius 2 is 2.11 bits per heavy atom. The number of rotatable bonds is 4. The number of hydrogen-bond donors (Lipinski definition) is 1. The highest BCUT2D eigenvalue weighted by Crippen LogP contribution is 2.18. The number of carbonyl (C=O) groups is 1. The Morgan fingerprint density at radius 3 is 2.74 bits per heavy atom. The van der Waals surface area contributed by atoms with Gasteiger partial charge in [-0.05, 0) is 5.56 Å². The van der Waals surface area contributed by atoms with Crippen LogP contribution in [0, 0.1) is 5.92 Å². The van der Waals surface area contributed by atoms with Crippen LogP contribution in [-0.4, -0.2) is 29.3 Å². The minimum atomic E-state index is -0.864. The Kier molecular flexibility index (Phi) is 4.28. The van der Waals surface area contributed by atoms with Crippen LogP contribution in [0.25, 0.3) is 0 Å². The van der Waals surface area contributed by atoms with Gasteiger partial charge in [-0.15, -0.1) is 5.10 Å². The third-order valence-corrected chi connectivity index (χ3v) is 2.90. The van der Waals surface area contributed by atoms with Crippen molar-refractivity contribution >= 4 is 17.6 Å². The van der Waals surface area contributed by atoms with Crippen molar-refractivity contribution in [2.45, 2.75) is 19.8 Å². The third-order valence-electron chi connectivity index (χ3n) is 2.90. The van der Waals surface area contributed by atoms with Crippen molar-refractivity contribution in [3.63, 3.8) is 0 Å². The lowest BCUT2D eigenvalue weighted by Crippen LogP contribution is -2.24. The summed E-state index contributed by atoms with van der Waals surface area (Å²) in [7, 11) is 0. The van der Waals surface area contributed by atoms with E-state index in [0.29, 0.717) is 24.6 Å². The fourth-order valence-electron chi connectivity index (χ4n) is 1.94. The predicted molar refractivity (Wildman–Crippen MR) is 72.4 cm³/mol. The summed E-state index contributed by atoms with van der Waals surface area (Å²) in [6, 6.07) is 9.50. The van der Waals surface area contributed by atoms with E-state index in [4.69, 9.17) is 9.84 Å². The van der Waals surface area contributed by atoms with Crippen LogP contribution in [0.2, 0.25) is 0 Å². The van der Waals surface area contributed by atoms with E-state index >= 15 is 0 Å². The van der Waals surface area contributed by atoms with Gasteiger partial charge < -0.3 is 9.84 Å². The normalized spacial score (nSPS) is 18.9. The molecule has 0 bridgehead atoms. The summed E-state index contributed by atoms with van der Waals surface area (Å²) in [5.41, 5.74) is 1.56. The molecule has 5 nitrogen and oxygen atoms in total. The molecule has 1 aromatic rings. The van der Waals surface area contributed by atoms with E-state index in [1.807, 2.05) is 37.3 Å². The predicted octanol–water partition coefficient (Wildman–Crippen LogP) is 2.32. The fourth-order valence-corrected chi connectivity index (χ4v) is 1.94. The number of ether oxygens (including phenoxy) is 1. The van der Waals surface area contributed by atoms with E-state index in [2.05, 4.69) is 10.2 Å². The first-order valence-electron chi connectivity index (χ1n) is 6.25. The maximum atomic E-state index is 11.0. The molecular formula is C14H16N2O3. The van der Waals surface area contributed by atoms with Crippen LogP contribution in [0.15, 0.2) is 40.5 Å². The highest BCUT2D eigenvalue weighted by molar-refractivity contribution is 6.04. The molecule has 1 aromatic carbocycles. The molecule has 100 valence electrons. The molecule has 0 spiro atoms. The second-order valence-corrected chi connectivity index (χ2v) is 4.30. The van der Waals surface area contributed by atoms with Gasteiger partial charge >= 0.3 is 5.97 Å². The molecule has 5 heteroatoms. The number of aliphatic carboxylic acids is 1. The van der Waals surface area contributed by atoms with Gasteiger partial charge in [-0.3, -0.25) is 4.79 Å². The quantitative estimate of drug-likeness (QED) is 0.903. The SMILES string of the molecule is CCC1=NN=C(c2ccccc2)C(CC(=O)O)CO1. The molecule has 0 radical (unpaired) electrons. The first kappa shape index (κ1) is 13.3. The average Bonchev–Trinajstić information content (AvgIpc) is 2.61. The molecule has 1 atom stereocenters. The molecular weight excluding hydrogens is 244 g/mol. The number of nitrogens with zero attached hydrogens (tertiary/aromatic N) is 2. The van der Waals surface area contributed by atoms with Gasteiger partial charge in [0.05, 0.1) is 18.7 Å². The van der Waals surface area contributed by atoms with Crippen LogP contribution >= 0.6 is 0 Å². The van der Waals surface area contributed by atoms with Gasteiger partial charge in [-0.2, -0.15) is 5.10 Å². The lowest BCUT2D eigenvalue weighted by Gasteiger charge is -2.15. The van der Waals surface area contributed by atoms with Crippen LogP contribution in [-0.2, 0) is 9.53 Å². The molecule has 0 fully saturated rings. The summed E-state index contributed by atoms with van der Waals surface area (Å²) in [6.45, 7) is 2.22. The largest absolute Gasteiger partial charge is 0.481 e. The number of hydrogen-bond acceptors (Lipinski definition) is 4. The zero-order valence-corrected chi connectivity index (χ0v) is 10.7. The summed E-state index contributed by atoms with van der Waals surface area (Å²) >= 11 is 0. The molecule has 0 amide bonds. The van der Waals surface area contributed by atoms with Crippen LogP contribution < -0.4 is 0 Å². The van der Waals surface area contributed by atoms with E-state index in [9.17, 15) is 4.79 Å². The summed E-state index contributed by atoms with van der Waals surface area (Å²) < 4.78 is 5.49. The summed E-state index contributed by atoms with van der Waals surface area (Å²) in [4.78, 5) is 11.0. The van der Waals surface area contributed by atoms with Gasteiger partial charge in [-0.25, -0.2) is 0 Å². The Hall–Kier alpha value is -2.17. The molecule has 0 saturated heterocycles. The minimum absolute atomic E-state index is 0.0136. The molecule has 1 aliphatic heterocycles. The van der Waals surface area contributed by atoms with Crippen LogP contribution in [0.5, 0.6) is 0 Å². The van der Waals surface area contributed by atoms with Crippen LogP contribution in [0.1, 0.15) is 25.3 Å². The van der Waals surface area contributed by atoms with Crippen molar-refractivity contribution < 1.29 is 14.6 Å². The molecule has 1 unspecified atom stereocenters. The fraction of sp³-hybridized carbons (Fsp3) is 0.357. The van der Waals surface area contributed by atoms with E-state index in [-0.39, 0.29) is 12.3 Å². The second kappa shape index (κ2) is 6.13. The van der Waals surface area contributed by atoms with E-state index in [1.165, 1.54) is 0 Å². The summed E-state index contributed by atoms with van der Waals surface area (Å²) in [5.74, 6) is -0.605. The molecule has 0 aliphatic carbocycles. The summed E-state index contributed by atoms with van der Waals surface area (Å²) in [6.07, 6.45) is 0.631. The topological polar surface area (TPSA) is 71.2 Å². The Labute approximate surface area is 111 Å². The average molecular weight is 260 g/mol. The minimum Gasteiger partial charge on any atom is -0.481 e. The molecule has 19 heavy (non-hydrogen) atoms. The molecule has 0 aromatic heterocycles. The Bertz CT molecular complexity index is 509. The van der Waals surface area contributed by atoms with Gasteiger partial charge in [0.25, 0.3) is 0 Å². The number of benzene rings is 1. The number of carboxylic acids is 1. The molecule has 1 N–H and O–H groups in total. The molecule has 1 heterocycles. The zero-order valence-electron chi connectivity index (χ0n) is 10.7. The summed E-state index contributed by atoms with van der Waals surface area (Å²) in [5, 5.41) is 17.2. The van der Waals surface area contributed by atoms with Crippen molar-refractivity contribution in [3.05, 3.63) is 35.9 Å². The van der Waals surface area contributed by atoms with E-state index in [0.717, 1.165) is 5.56 Å². The van der Waals surface area contributed by atoms with Crippen molar-refractivity contribution in [2.24, 2.45) is 16.1 Å². The highest BCUT2D eigenvalue weighted by atomic mass is 16.5. The van der Waals surface area contributed by atoms with Gasteiger partial charge in [0, 0.05) is 12.3 Å². The second-order valence-electron chi connectivity index (χ2n) is 4.30. The Balaban J connectivity index is 2.32. The van der Waals surface area contributed by atoms with Crippen molar-refractivity contribution in [1.29, 1.82) is 0 Å². The van der Waals surface area contributed by atoms with Crippen LogP contribution in [0.3, 0.4) is 0 Å². The van der Waals surface area contributed by atoms with Crippen molar-refractivity contribution in [2.75, 3.05) is 6.61 Å². The first-order chi connectivity index (χ1) is 9.20. The van der Waals surface area contributed by atoms with Crippen molar-refractivity contribution in [3.8, 4) is 0 Å². The number of carboxylic acid groups (broad SMARTS) is 1. The lowest BCUT2D eigenvalue weighted by atomic mass is 9.94. The first-order valence-corrected chi connectivity index (χ1v) is 6.25. The van der Waals surface area contributed by atoms with Gasteiger partial charge in [0.1, 0.15) is 0 Å². The third kappa shape index (κ3) is 3.40. The van der Waals surface area contributed by atoms with Crippen LogP contribution in [0.4, 0.5) is 0 Å². The van der Waals surface area contributed by atoms with Gasteiger partial charge in [-0.1, -0.05) is 37.3 Å². The van der Waals surface area contributed by atoms with E-state index < -0.39 is 5.97 Å². The van der Waals surface area contributed by atoms with Gasteiger partial charge in [0.2, 0.25) is 5.90 Å². The standard InChI is InChI=1S/C14H16N2O3/c1-2-12-15-16-14(10-6-4-3-5-7-10)11(9-19-12)8-13(17)18/h3-7,11H,2,8-9H2,1H3,(H,17,18). The molecule has 0 saturated carbocycles. The van der Waals surface area contributed by atoms with Crippen molar-refractivity contribution in [1.82, 2.24) is 0 Å². The van der Waals surface area contributed by atoms with Gasteiger partial charge in [0.15, 0.2) is 0 Å².